The molecule has 13 heavy (non-hydrogen) atoms. The minimum Gasteiger partial charge on any atom is -0.389 e. The van der Waals surface area contributed by atoms with Gasteiger partial charge in [0.2, 0.25) is 0 Å². The molecule has 2 saturated heterocycles. The zero-order valence-electron chi connectivity index (χ0n) is 7.63. The van der Waals surface area contributed by atoms with Crippen molar-refractivity contribution in [1.29, 1.82) is 0 Å². The Morgan fingerprint density at radius 3 is 2.54 bits per heavy atom. The number of hydrogen-bond acceptors (Lipinski definition) is 4. The fraction of sp³-hybridized carbons (Fsp3) is 1.00. The third-order valence-corrected chi connectivity index (χ3v) is 3.22. The van der Waals surface area contributed by atoms with Crippen LogP contribution >= 0.6 is 0 Å². The van der Waals surface area contributed by atoms with Crippen LogP contribution in [0.1, 0.15) is 19.3 Å². The third-order valence-electron chi connectivity index (χ3n) is 3.22. The van der Waals surface area contributed by atoms with Crippen LogP contribution in [0.5, 0.6) is 0 Å². The largest absolute Gasteiger partial charge is 0.389 e. The van der Waals surface area contributed by atoms with E-state index in [4.69, 9.17) is 0 Å². The molecule has 2 rings (SSSR count). The van der Waals surface area contributed by atoms with Gasteiger partial charge in [-0.2, -0.15) is 0 Å². The summed E-state index contributed by atoms with van der Waals surface area (Å²) in [7, 11) is 0. The summed E-state index contributed by atoms with van der Waals surface area (Å²) in [5, 5.41) is 28.6. The van der Waals surface area contributed by atoms with E-state index in [0.29, 0.717) is 6.54 Å². The molecule has 2 aliphatic rings. The topological polar surface area (TPSA) is 63.9 Å². The molecule has 2 fully saturated rings. The SMILES string of the molecule is O[C@H]1[C@H](O)[C@@H]2CCCCN2C[C@H]1O. The standard InChI is InChI=1S/C9H17NO3/c11-7-5-10-4-2-1-3-6(10)8(12)9(7)13/h6-9,11-13H,1-5H2/t6-,7+,8+,9+/m0/s1. The van der Waals surface area contributed by atoms with E-state index in [-0.39, 0.29) is 6.04 Å². The summed E-state index contributed by atoms with van der Waals surface area (Å²) in [4.78, 5) is 2.09. The second kappa shape index (κ2) is 3.53. The van der Waals surface area contributed by atoms with Crippen LogP contribution in [0.2, 0.25) is 0 Å². The second-order valence-corrected chi connectivity index (χ2v) is 4.11. The van der Waals surface area contributed by atoms with Crippen molar-refractivity contribution in [2.24, 2.45) is 0 Å². The molecule has 0 aliphatic carbocycles. The van der Waals surface area contributed by atoms with E-state index < -0.39 is 18.3 Å². The maximum Gasteiger partial charge on any atom is 0.108 e. The molecule has 0 saturated carbocycles. The minimum absolute atomic E-state index is 0.0622. The summed E-state index contributed by atoms with van der Waals surface area (Å²) >= 11 is 0. The zero-order valence-corrected chi connectivity index (χ0v) is 7.63. The van der Waals surface area contributed by atoms with Crippen molar-refractivity contribution in [1.82, 2.24) is 4.90 Å². The molecule has 0 unspecified atom stereocenters. The minimum atomic E-state index is -0.959. The average molecular weight is 187 g/mol. The Labute approximate surface area is 77.8 Å². The van der Waals surface area contributed by atoms with Gasteiger partial charge in [0.1, 0.15) is 6.10 Å². The molecular formula is C9H17NO3. The fourth-order valence-corrected chi connectivity index (χ4v) is 2.43. The Kier molecular flexibility index (Phi) is 2.55. The van der Waals surface area contributed by atoms with E-state index in [9.17, 15) is 15.3 Å². The summed E-state index contributed by atoms with van der Waals surface area (Å²) in [5.41, 5.74) is 0. The molecule has 2 heterocycles. The van der Waals surface area contributed by atoms with Crippen molar-refractivity contribution in [2.75, 3.05) is 13.1 Å². The van der Waals surface area contributed by atoms with Gasteiger partial charge in [0.15, 0.2) is 0 Å². The van der Waals surface area contributed by atoms with E-state index in [1.165, 1.54) is 0 Å². The highest BCUT2D eigenvalue weighted by Crippen LogP contribution is 2.26. The van der Waals surface area contributed by atoms with Gasteiger partial charge in [0.25, 0.3) is 0 Å². The highest BCUT2D eigenvalue weighted by atomic mass is 16.4. The van der Waals surface area contributed by atoms with E-state index in [0.717, 1.165) is 25.8 Å². The Morgan fingerprint density at radius 1 is 1.00 bits per heavy atom. The normalized spacial score (nSPS) is 47.3. The molecule has 0 aromatic heterocycles. The Balaban J connectivity index is 2.08. The van der Waals surface area contributed by atoms with Crippen LogP contribution in [0, 0.1) is 0 Å². The molecule has 0 spiro atoms. The first-order valence-electron chi connectivity index (χ1n) is 4.98. The van der Waals surface area contributed by atoms with Gasteiger partial charge in [0.05, 0.1) is 12.2 Å². The maximum absolute atomic E-state index is 9.69. The van der Waals surface area contributed by atoms with Crippen LogP contribution in [0.15, 0.2) is 0 Å². The molecule has 4 nitrogen and oxygen atoms in total. The summed E-state index contributed by atoms with van der Waals surface area (Å²) in [5.74, 6) is 0. The lowest BCUT2D eigenvalue weighted by atomic mass is 9.88. The van der Waals surface area contributed by atoms with Crippen molar-refractivity contribution in [3.8, 4) is 0 Å². The predicted molar refractivity (Wildman–Crippen MR) is 47.2 cm³/mol. The first-order valence-corrected chi connectivity index (χ1v) is 4.98. The molecule has 0 aromatic rings. The van der Waals surface area contributed by atoms with Gasteiger partial charge in [-0.05, 0) is 19.4 Å². The summed E-state index contributed by atoms with van der Waals surface area (Å²) in [6.07, 6.45) is 0.658. The fourth-order valence-electron chi connectivity index (χ4n) is 2.43. The molecule has 2 aliphatic heterocycles. The number of fused-ring (bicyclic) bond motifs is 1. The van der Waals surface area contributed by atoms with Gasteiger partial charge >= 0.3 is 0 Å². The molecule has 0 bridgehead atoms. The van der Waals surface area contributed by atoms with Crippen molar-refractivity contribution < 1.29 is 15.3 Å². The molecular weight excluding hydrogens is 170 g/mol. The Hall–Kier alpha value is -0.160. The Bertz CT molecular complexity index is 186. The van der Waals surface area contributed by atoms with Crippen LogP contribution in [-0.2, 0) is 0 Å². The number of aliphatic hydroxyl groups is 3. The lowest BCUT2D eigenvalue weighted by molar-refractivity contribution is -0.144. The van der Waals surface area contributed by atoms with E-state index >= 15 is 0 Å². The zero-order chi connectivity index (χ0) is 9.42. The van der Waals surface area contributed by atoms with Crippen molar-refractivity contribution >= 4 is 0 Å². The van der Waals surface area contributed by atoms with Gasteiger partial charge in [0, 0.05) is 12.6 Å². The van der Waals surface area contributed by atoms with Crippen molar-refractivity contribution in [3.05, 3.63) is 0 Å². The van der Waals surface area contributed by atoms with Gasteiger partial charge < -0.3 is 15.3 Å². The Morgan fingerprint density at radius 2 is 1.77 bits per heavy atom. The average Bonchev–Trinajstić information content (AvgIpc) is 2.15. The van der Waals surface area contributed by atoms with Crippen LogP contribution in [-0.4, -0.2) is 57.7 Å². The number of rotatable bonds is 0. The molecule has 3 N–H and O–H groups in total. The van der Waals surface area contributed by atoms with Gasteiger partial charge in [-0.25, -0.2) is 0 Å². The van der Waals surface area contributed by atoms with Gasteiger partial charge in [-0.3, -0.25) is 4.90 Å². The van der Waals surface area contributed by atoms with Gasteiger partial charge in [-0.1, -0.05) is 6.42 Å². The van der Waals surface area contributed by atoms with Crippen LogP contribution in [0.3, 0.4) is 0 Å². The third kappa shape index (κ3) is 1.59. The van der Waals surface area contributed by atoms with E-state index in [1.807, 2.05) is 0 Å². The molecule has 0 radical (unpaired) electrons. The van der Waals surface area contributed by atoms with E-state index in [1.54, 1.807) is 0 Å². The molecule has 0 aromatic carbocycles. The number of piperidine rings is 2. The molecule has 4 atom stereocenters. The van der Waals surface area contributed by atoms with Gasteiger partial charge in [-0.15, -0.1) is 0 Å². The first-order chi connectivity index (χ1) is 6.20. The molecule has 76 valence electrons. The quantitative estimate of drug-likeness (QED) is 0.452. The van der Waals surface area contributed by atoms with Crippen LogP contribution in [0.4, 0.5) is 0 Å². The summed E-state index contributed by atoms with van der Waals surface area (Å²) < 4.78 is 0. The van der Waals surface area contributed by atoms with Crippen molar-refractivity contribution in [3.63, 3.8) is 0 Å². The molecule has 0 amide bonds. The number of aliphatic hydroxyl groups excluding tert-OH is 3. The lowest BCUT2D eigenvalue weighted by Crippen LogP contribution is -2.62. The monoisotopic (exact) mass is 187 g/mol. The highest BCUT2D eigenvalue weighted by Gasteiger charge is 2.41. The highest BCUT2D eigenvalue weighted by molar-refractivity contribution is 4.95. The van der Waals surface area contributed by atoms with Crippen molar-refractivity contribution in [2.45, 2.75) is 43.6 Å². The summed E-state index contributed by atoms with van der Waals surface area (Å²) in [6, 6.07) is 0.0622. The lowest BCUT2D eigenvalue weighted by Gasteiger charge is -2.46. The van der Waals surface area contributed by atoms with E-state index in [2.05, 4.69) is 4.90 Å². The first kappa shape index (κ1) is 9.40. The van der Waals surface area contributed by atoms with Crippen LogP contribution in [0.25, 0.3) is 0 Å². The van der Waals surface area contributed by atoms with Crippen LogP contribution < -0.4 is 0 Å². The maximum atomic E-state index is 9.69. The smallest absolute Gasteiger partial charge is 0.108 e. The number of nitrogens with zero attached hydrogens (tertiary/aromatic N) is 1. The summed E-state index contributed by atoms with van der Waals surface area (Å²) in [6.45, 7) is 1.44. The predicted octanol–water partition coefficient (Wildman–Crippen LogP) is -1.06. The molecule has 4 heteroatoms. The number of hydrogen-bond donors (Lipinski definition) is 3. The second-order valence-electron chi connectivity index (χ2n) is 4.11.